The molecule has 1 aromatic rings. The number of benzene rings is 1. The van der Waals surface area contributed by atoms with Gasteiger partial charge in [-0.1, -0.05) is 32.4 Å². The van der Waals surface area contributed by atoms with Gasteiger partial charge in [0.25, 0.3) is 0 Å². The first-order valence-electron chi connectivity index (χ1n) is 11.9. The van der Waals surface area contributed by atoms with Crippen LogP contribution in [-0.2, 0) is 35.2 Å². The molecule has 1 rings (SSSR count). The lowest BCUT2D eigenvalue weighted by Gasteiger charge is -2.26. The van der Waals surface area contributed by atoms with Crippen molar-refractivity contribution in [2.45, 2.75) is 70.1 Å². The number of carbonyl (C=O) groups excluding carboxylic acids is 3. The van der Waals surface area contributed by atoms with E-state index < -0.39 is 85.0 Å². The standard InChI is InChI=1S/C24H34N4O10/c1-3-12(2)20(24(37)38)28-22(35)16(8-9-18(30)31)26-23(36)17(11-19(32)33)27-21(34)15(25)10-13-4-6-14(29)7-5-13/h4-7,12,15-17,20,29H,3,8-11,25H2,1-2H3,(H,26,36)(H,27,34)(H,28,35)(H,30,31)(H,32,33)(H,37,38). The van der Waals surface area contributed by atoms with Crippen LogP contribution in [0.1, 0.15) is 45.1 Å². The summed E-state index contributed by atoms with van der Waals surface area (Å²) in [5, 5.41) is 43.8. The number of phenols is 1. The molecule has 0 saturated carbocycles. The minimum absolute atomic E-state index is 0.00333. The average Bonchev–Trinajstić information content (AvgIpc) is 2.84. The van der Waals surface area contributed by atoms with E-state index in [1.807, 2.05) is 0 Å². The lowest BCUT2D eigenvalue weighted by molar-refractivity contribution is -0.144. The van der Waals surface area contributed by atoms with E-state index in [1.165, 1.54) is 24.3 Å². The Hall–Kier alpha value is -4.20. The number of carboxylic acid groups (broad SMARTS) is 3. The van der Waals surface area contributed by atoms with Crippen LogP contribution in [0.4, 0.5) is 0 Å². The molecule has 5 unspecified atom stereocenters. The van der Waals surface area contributed by atoms with Crippen molar-refractivity contribution in [3.05, 3.63) is 29.8 Å². The second kappa shape index (κ2) is 15.1. The zero-order valence-corrected chi connectivity index (χ0v) is 21.0. The van der Waals surface area contributed by atoms with Gasteiger partial charge >= 0.3 is 17.9 Å². The zero-order valence-electron chi connectivity index (χ0n) is 21.0. The van der Waals surface area contributed by atoms with Crippen LogP contribution in [0.25, 0.3) is 0 Å². The molecule has 9 N–H and O–H groups in total. The van der Waals surface area contributed by atoms with E-state index in [1.54, 1.807) is 13.8 Å². The minimum Gasteiger partial charge on any atom is -0.508 e. The van der Waals surface area contributed by atoms with E-state index in [-0.39, 0.29) is 12.2 Å². The van der Waals surface area contributed by atoms with Gasteiger partial charge in [-0.05, 0) is 36.5 Å². The maximum atomic E-state index is 12.9. The van der Waals surface area contributed by atoms with Crippen molar-refractivity contribution in [1.82, 2.24) is 16.0 Å². The third kappa shape index (κ3) is 10.8. The predicted octanol–water partition coefficient (Wildman–Crippen LogP) is -0.813. The van der Waals surface area contributed by atoms with Crippen molar-refractivity contribution in [3.8, 4) is 5.75 Å². The summed E-state index contributed by atoms with van der Waals surface area (Å²) in [6.07, 6.45) is -1.45. The van der Waals surface area contributed by atoms with Gasteiger partial charge in [0.15, 0.2) is 0 Å². The smallest absolute Gasteiger partial charge is 0.326 e. The highest BCUT2D eigenvalue weighted by molar-refractivity contribution is 5.95. The molecule has 14 heteroatoms. The van der Waals surface area contributed by atoms with Gasteiger partial charge in [0.05, 0.1) is 12.5 Å². The van der Waals surface area contributed by atoms with Crippen molar-refractivity contribution in [2.24, 2.45) is 11.7 Å². The first-order chi connectivity index (χ1) is 17.7. The molecule has 0 aromatic heterocycles. The summed E-state index contributed by atoms with van der Waals surface area (Å²) >= 11 is 0. The van der Waals surface area contributed by atoms with E-state index in [2.05, 4.69) is 16.0 Å². The Kier molecular flexibility index (Phi) is 12.7. The number of hydrogen-bond donors (Lipinski definition) is 8. The molecular weight excluding hydrogens is 504 g/mol. The van der Waals surface area contributed by atoms with Gasteiger partial charge in [-0.2, -0.15) is 0 Å². The highest BCUT2D eigenvalue weighted by Crippen LogP contribution is 2.12. The lowest BCUT2D eigenvalue weighted by Crippen LogP contribution is -2.58. The van der Waals surface area contributed by atoms with Crippen LogP contribution >= 0.6 is 0 Å². The Morgan fingerprint density at radius 1 is 0.842 bits per heavy atom. The second-order valence-electron chi connectivity index (χ2n) is 8.84. The summed E-state index contributed by atoms with van der Waals surface area (Å²) in [4.78, 5) is 72.3. The molecular formula is C24H34N4O10. The predicted molar refractivity (Wildman–Crippen MR) is 132 cm³/mol. The molecule has 0 spiro atoms. The topological polar surface area (TPSA) is 245 Å². The van der Waals surface area contributed by atoms with Gasteiger partial charge in [0, 0.05) is 6.42 Å². The Labute approximate surface area is 218 Å². The summed E-state index contributed by atoms with van der Waals surface area (Å²) in [5.41, 5.74) is 6.47. The molecule has 14 nitrogen and oxygen atoms in total. The number of aromatic hydroxyl groups is 1. The normalized spacial score (nSPS) is 14.7. The van der Waals surface area contributed by atoms with Gasteiger partial charge in [-0.3, -0.25) is 24.0 Å². The SMILES string of the molecule is CCC(C)C(NC(=O)C(CCC(=O)O)NC(=O)C(CC(=O)O)NC(=O)C(N)Cc1ccc(O)cc1)C(=O)O. The average molecular weight is 539 g/mol. The quantitative estimate of drug-likeness (QED) is 0.129. The maximum absolute atomic E-state index is 12.9. The molecule has 0 aliphatic heterocycles. The summed E-state index contributed by atoms with van der Waals surface area (Å²) in [6, 6.07) is 0.127. The molecule has 0 aliphatic carbocycles. The van der Waals surface area contributed by atoms with Crippen molar-refractivity contribution >= 4 is 35.6 Å². The first kappa shape index (κ1) is 31.8. The molecule has 0 radical (unpaired) electrons. The Bertz CT molecular complexity index is 1010. The number of carboxylic acids is 3. The van der Waals surface area contributed by atoms with Crippen LogP contribution < -0.4 is 21.7 Å². The van der Waals surface area contributed by atoms with E-state index in [4.69, 9.17) is 10.8 Å². The van der Waals surface area contributed by atoms with Crippen molar-refractivity contribution < 1.29 is 49.2 Å². The summed E-state index contributed by atoms with van der Waals surface area (Å²) in [6.45, 7) is 3.30. The van der Waals surface area contributed by atoms with E-state index in [0.717, 1.165) is 0 Å². The third-order valence-corrected chi connectivity index (χ3v) is 5.80. The Morgan fingerprint density at radius 2 is 1.39 bits per heavy atom. The fraction of sp³-hybridized carbons (Fsp3) is 0.500. The third-order valence-electron chi connectivity index (χ3n) is 5.80. The molecule has 3 amide bonds. The van der Waals surface area contributed by atoms with Crippen LogP contribution in [0.5, 0.6) is 5.75 Å². The molecule has 0 fully saturated rings. The van der Waals surface area contributed by atoms with Gasteiger partial charge in [-0.25, -0.2) is 4.79 Å². The number of aliphatic carboxylic acids is 3. The van der Waals surface area contributed by atoms with Crippen molar-refractivity contribution in [3.63, 3.8) is 0 Å². The van der Waals surface area contributed by atoms with Gasteiger partial charge in [0.1, 0.15) is 23.9 Å². The number of rotatable bonds is 16. The number of nitrogens with one attached hydrogen (secondary N) is 3. The molecule has 0 bridgehead atoms. The fourth-order valence-electron chi connectivity index (χ4n) is 3.39. The maximum Gasteiger partial charge on any atom is 0.326 e. The summed E-state index contributed by atoms with van der Waals surface area (Å²) in [7, 11) is 0. The van der Waals surface area contributed by atoms with Crippen LogP contribution in [0.15, 0.2) is 24.3 Å². The molecule has 38 heavy (non-hydrogen) atoms. The van der Waals surface area contributed by atoms with Gasteiger partial charge < -0.3 is 42.1 Å². The summed E-state index contributed by atoms with van der Waals surface area (Å²) < 4.78 is 0. The van der Waals surface area contributed by atoms with E-state index >= 15 is 0 Å². The molecule has 0 heterocycles. The number of amides is 3. The minimum atomic E-state index is -1.67. The molecule has 0 aliphatic rings. The summed E-state index contributed by atoms with van der Waals surface area (Å²) in [5.74, 6) is -7.48. The lowest BCUT2D eigenvalue weighted by atomic mass is 9.98. The first-order valence-corrected chi connectivity index (χ1v) is 11.9. The second-order valence-corrected chi connectivity index (χ2v) is 8.84. The van der Waals surface area contributed by atoms with Crippen molar-refractivity contribution in [2.75, 3.05) is 0 Å². The highest BCUT2D eigenvalue weighted by atomic mass is 16.4. The monoisotopic (exact) mass is 538 g/mol. The van der Waals surface area contributed by atoms with Crippen LogP contribution in [-0.4, -0.2) is 80.2 Å². The largest absolute Gasteiger partial charge is 0.508 e. The van der Waals surface area contributed by atoms with Gasteiger partial charge in [-0.15, -0.1) is 0 Å². The van der Waals surface area contributed by atoms with Crippen LogP contribution in [0.3, 0.4) is 0 Å². The zero-order chi connectivity index (χ0) is 29.0. The number of nitrogens with two attached hydrogens (primary N) is 1. The fourth-order valence-corrected chi connectivity index (χ4v) is 3.39. The van der Waals surface area contributed by atoms with Gasteiger partial charge in [0.2, 0.25) is 17.7 Å². The molecule has 5 atom stereocenters. The Balaban J connectivity index is 3.03. The molecule has 210 valence electrons. The molecule has 0 saturated heterocycles. The molecule has 1 aromatic carbocycles. The van der Waals surface area contributed by atoms with E-state index in [9.17, 15) is 44.1 Å². The number of phenolic OH excluding ortho intramolecular Hbond substituents is 1. The highest BCUT2D eigenvalue weighted by Gasteiger charge is 2.33. The van der Waals surface area contributed by atoms with E-state index in [0.29, 0.717) is 12.0 Å². The number of hydrogen-bond acceptors (Lipinski definition) is 8. The number of carbonyl (C=O) groups is 6. The van der Waals surface area contributed by atoms with Crippen LogP contribution in [0.2, 0.25) is 0 Å². The van der Waals surface area contributed by atoms with Crippen LogP contribution in [0, 0.1) is 5.92 Å². The Morgan fingerprint density at radius 3 is 1.89 bits per heavy atom. The van der Waals surface area contributed by atoms with Crippen molar-refractivity contribution in [1.29, 1.82) is 0 Å².